The highest BCUT2D eigenvalue weighted by molar-refractivity contribution is 5.94. The minimum atomic E-state index is -1.07. The fraction of sp³-hybridized carbons (Fsp3) is 0.111. The first-order valence-electron chi connectivity index (χ1n) is 4.36. The van der Waals surface area contributed by atoms with E-state index in [1.54, 1.807) is 5.32 Å². The Labute approximate surface area is 94.5 Å². The van der Waals surface area contributed by atoms with E-state index in [1.807, 2.05) is 0 Å². The van der Waals surface area contributed by atoms with Crippen LogP contribution in [0.5, 0.6) is 5.75 Å². The number of amides is 3. The van der Waals surface area contributed by atoms with Gasteiger partial charge in [-0.05, 0) is 0 Å². The van der Waals surface area contributed by atoms with E-state index in [0.29, 0.717) is 6.07 Å². The Kier molecular flexibility index (Phi) is 3.81. The van der Waals surface area contributed by atoms with Crippen LogP contribution in [0.2, 0.25) is 0 Å². The zero-order chi connectivity index (χ0) is 13.0. The number of anilines is 1. The second-order valence-electron chi connectivity index (χ2n) is 3.01. The summed E-state index contributed by atoms with van der Waals surface area (Å²) in [5, 5.41) is 1.69. The van der Waals surface area contributed by atoms with Gasteiger partial charge in [0.1, 0.15) is 5.82 Å². The number of rotatable bonds is 3. The number of carbonyl (C=O) groups is 2. The molecule has 1 rings (SSSR count). The molecule has 0 saturated heterocycles. The van der Waals surface area contributed by atoms with Crippen molar-refractivity contribution >= 4 is 17.6 Å². The van der Waals surface area contributed by atoms with Gasteiger partial charge in [-0.1, -0.05) is 0 Å². The number of nitrogens with one attached hydrogen (secondary N) is 1. The van der Waals surface area contributed by atoms with Crippen LogP contribution in [0, 0.1) is 11.6 Å². The molecule has 0 heterocycles. The minimum Gasteiger partial charge on any atom is -0.481 e. The third-order valence-corrected chi connectivity index (χ3v) is 1.67. The number of hydrogen-bond acceptors (Lipinski definition) is 4. The first kappa shape index (κ1) is 12.7. The van der Waals surface area contributed by atoms with Crippen LogP contribution in [-0.4, -0.2) is 18.5 Å². The van der Waals surface area contributed by atoms with E-state index >= 15 is 0 Å². The normalized spacial score (nSPS) is 9.76. The second-order valence-corrected chi connectivity index (χ2v) is 3.01. The van der Waals surface area contributed by atoms with Crippen molar-refractivity contribution in [3.8, 4) is 5.75 Å². The summed E-state index contributed by atoms with van der Waals surface area (Å²) in [6, 6.07) is 0.348. The maximum atomic E-state index is 13.1. The number of halogens is 2. The van der Waals surface area contributed by atoms with Gasteiger partial charge in [0, 0.05) is 12.1 Å². The highest BCUT2D eigenvalue weighted by atomic mass is 19.1. The summed E-state index contributed by atoms with van der Waals surface area (Å²) in [6.45, 7) is -0.677. The van der Waals surface area contributed by atoms with E-state index < -0.39 is 35.9 Å². The van der Waals surface area contributed by atoms with Gasteiger partial charge in [-0.2, -0.15) is 0 Å². The van der Waals surface area contributed by atoms with Gasteiger partial charge in [-0.25, -0.2) is 13.6 Å². The largest absolute Gasteiger partial charge is 0.481 e. The molecule has 6 nitrogen and oxygen atoms in total. The number of carbonyl (C=O) groups excluding carboxylic acids is 2. The molecule has 0 unspecified atom stereocenters. The Bertz CT molecular complexity index is 465. The van der Waals surface area contributed by atoms with Crippen LogP contribution in [0.4, 0.5) is 19.3 Å². The fourth-order valence-electron chi connectivity index (χ4n) is 0.971. The number of nitrogens with two attached hydrogens (primary N) is 2. The molecule has 92 valence electrons. The molecule has 0 aliphatic carbocycles. The molecule has 1 aromatic carbocycles. The molecule has 17 heavy (non-hydrogen) atoms. The predicted octanol–water partition coefficient (Wildman–Crippen LogP) is 0.121. The van der Waals surface area contributed by atoms with Crippen LogP contribution >= 0.6 is 0 Å². The van der Waals surface area contributed by atoms with Gasteiger partial charge in [0.05, 0.1) is 5.69 Å². The molecule has 3 amide bonds. The van der Waals surface area contributed by atoms with Gasteiger partial charge in [-0.3, -0.25) is 10.1 Å². The lowest BCUT2D eigenvalue weighted by Gasteiger charge is -2.07. The quantitative estimate of drug-likeness (QED) is 0.657. The van der Waals surface area contributed by atoms with Crippen LogP contribution < -0.4 is 21.5 Å². The first-order chi connectivity index (χ1) is 7.90. The van der Waals surface area contributed by atoms with Crippen molar-refractivity contribution < 1.29 is 23.1 Å². The molecular formula is C9H9F2N3O3. The number of ether oxygens (including phenoxy) is 1. The lowest BCUT2D eigenvalue weighted by atomic mass is 10.3. The standard InChI is InChI=1S/C9H9F2N3O3/c10-4-2-7(5(11)1-6(4)12)17-3-8(15)14-9(13)16/h1-2H,3,12H2,(H3,13,14,15,16). The van der Waals surface area contributed by atoms with Gasteiger partial charge in [-0.15, -0.1) is 0 Å². The van der Waals surface area contributed by atoms with E-state index in [1.165, 1.54) is 0 Å². The smallest absolute Gasteiger partial charge is 0.318 e. The van der Waals surface area contributed by atoms with Crippen molar-refractivity contribution in [3.63, 3.8) is 0 Å². The average Bonchev–Trinajstić information content (AvgIpc) is 2.20. The monoisotopic (exact) mass is 245 g/mol. The summed E-state index contributed by atoms with van der Waals surface area (Å²) >= 11 is 0. The average molecular weight is 245 g/mol. The van der Waals surface area contributed by atoms with Gasteiger partial charge >= 0.3 is 6.03 Å². The molecule has 8 heteroatoms. The third-order valence-electron chi connectivity index (χ3n) is 1.67. The van der Waals surface area contributed by atoms with Crippen molar-refractivity contribution in [2.75, 3.05) is 12.3 Å². The summed E-state index contributed by atoms with van der Waals surface area (Å²) in [6.07, 6.45) is 0. The molecular weight excluding hydrogens is 236 g/mol. The Morgan fingerprint density at radius 1 is 1.29 bits per heavy atom. The van der Waals surface area contributed by atoms with Crippen LogP contribution in [0.25, 0.3) is 0 Å². The maximum absolute atomic E-state index is 13.1. The first-order valence-corrected chi connectivity index (χ1v) is 4.36. The number of urea groups is 1. The van der Waals surface area contributed by atoms with Gasteiger partial charge in [0.25, 0.3) is 5.91 Å². The zero-order valence-corrected chi connectivity index (χ0v) is 8.50. The Balaban J connectivity index is 2.66. The summed E-state index contributed by atoms with van der Waals surface area (Å²) in [5.41, 5.74) is 9.38. The fourth-order valence-corrected chi connectivity index (χ4v) is 0.971. The summed E-state index contributed by atoms with van der Waals surface area (Å²) in [5.74, 6) is -3.17. The molecule has 0 aromatic heterocycles. The topological polar surface area (TPSA) is 107 Å². The molecule has 5 N–H and O–H groups in total. The van der Waals surface area contributed by atoms with Crippen molar-refractivity contribution in [1.82, 2.24) is 5.32 Å². The Morgan fingerprint density at radius 2 is 1.94 bits per heavy atom. The Morgan fingerprint density at radius 3 is 2.53 bits per heavy atom. The molecule has 0 aliphatic heterocycles. The summed E-state index contributed by atoms with van der Waals surface area (Å²) in [4.78, 5) is 21.2. The van der Waals surface area contributed by atoms with Crippen molar-refractivity contribution in [2.45, 2.75) is 0 Å². The van der Waals surface area contributed by atoms with Gasteiger partial charge in [0.15, 0.2) is 18.2 Å². The predicted molar refractivity (Wildman–Crippen MR) is 54.0 cm³/mol. The van der Waals surface area contributed by atoms with Gasteiger partial charge < -0.3 is 16.2 Å². The number of benzene rings is 1. The molecule has 0 radical (unpaired) electrons. The summed E-state index contributed by atoms with van der Waals surface area (Å²) in [7, 11) is 0. The highest BCUT2D eigenvalue weighted by Crippen LogP contribution is 2.22. The second kappa shape index (κ2) is 5.10. The third kappa shape index (κ3) is 3.59. The maximum Gasteiger partial charge on any atom is 0.318 e. The van der Waals surface area contributed by atoms with Crippen molar-refractivity contribution in [2.24, 2.45) is 5.73 Å². The number of primary amides is 1. The molecule has 0 fully saturated rings. The van der Waals surface area contributed by atoms with Crippen molar-refractivity contribution in [1.29, 1.82) is 0 Å². The summed E-state index contributed by atoms with van der Waals surface area (Å²) < 4.78 is 30.7. The van der Waals surface area contributed by atoms with Crippen LogP contribution in [0.3, 0.4) is 0 Å². The minimum absolute atomic E-state index is 0.378. The van der Waals surface area contributed by atoms with Crippen LogP contribution in [0.1, 0.15) is 0 Å². The lowest BCUT2D eigenvalue weighted by molar-refractivity contribution is -0.121. The van der Waals surface area contributed by atoms with Gasteiger partial charge in [0.2, 0.25) is 0 Å². The van der Waals surface area contributed by atoms with E-state index in [2.05, 4.69) is 10.5 Å². The number of hydrogen-bond donors (Lipinski definition) is 3. The molecule has 0 atom stereocenters. The van der Waals surface area contributed by atoms with E-state index in [0.717, 1.165) is 6.07 Å². The SMILES string of the molecule is NC(=O)NC(=O)COc1cc(F)c(N)cc1F. The molecule has 0 bridgehead atoms. The molecule has 1 aromatic rings. The van der Waals surface area contributed by atoms with Crippen LogP contribution in [0.15, 0.2) is 12.1 Å². The van der Waals surface area contributed by atoms with E-state index in [4.69, 9.17) is 5.73 Å². The number of imide groups is 1. The zero-order valence-electron chi connectivity index (χ0n) is 8.50. The van der Waals surface area contributed by atoms with Crippen LogP contribution in [-0.2, 0) is 4.79 Å². The number of nitrogen functional groups attached to an aromatic ring is 1. The van der Waals surface area contributed by atoms with Crippen molar-refractivity contribution in [3.05, 3.63) is 23.8 Å². The Hall–Kier alpha value is -2.38. The van der Waals surface area contributed by atoms with E-state index in [9.17, 15) is 18.4 Å². The molecule has 0 saturated carbocycles. The lowest BCUT2D eigenvalue weighted by Crippen LogP contribution is -2.38. The molecule has 0 spiro atoms. The van der Waals surface area contributed by atoms with E-state index in [-0.39, 0.29) is 5.69 Å². The molecule has 0 aliphatic rings. The highest BCUT2D eigenvalue weighted by Gasteiger charge is 2.11.